The van der Waals surface area contributed by atoms with Crippen LogP contribution in [0.25, 0.3) is 0 Å². The molecule has 0 bridgehead atoms. The van der Waals surface area contributed by atoms with E-state index in [0.717, 1.165) is 38.5 Å². The Hall–Kier alpha value is -0.590. The summed E-state index contributed by atoms with van der Waals surface area (Å²) in [5.41, 5.74) is 0. The molecule has 0 aromatic heterocycles. The molecule has 2 aliphatic rings. The first kappa shape index (κ1) is 16.8. The zero-order chi connectivity index (χ0) is 15.4. The largest absolute Gasteiger partial charge is 0.373 e. The van der Waals surface area contributed by atoms with Crippen molar-refractivity contribution in [3.8, 4) is 0 Å². The quantitative estimate of drug-likeness (QED) is 0.764. The van der Waals surface area contributed by atoms with Crippen LogP contribution in [0.3, 0.4) is 0 Å². The predicted octanol–water partition coefficient (Wildman–Crippen LogP) is 1.22. The molecule has 0 N–H and O–H groups in total. The Morgan fingerprint density at radius 2 is 1.90 bits per heavy atom. The maximum Gasteiger partial charge on any atom is 0.222 e. The monoisotopic (exact) mass is 314 g/mol. The maximum atomic E-state index is 12.0. The molecule has 6 heteroatoms. The van der Waals surface area contributed by atoms with Crippen LogP contribution in [0.1, 0.15) is 27.2 Å². The SMILES string of the molecule is CC(=O)SCC1CC(=O)N(CCN2C[C@@H](C)O[C@@H](C)C2)C1. The highest BCUT2D eigenvalue weighted by atomic mass is 32.2. The summed E-state index contributed by atoms with van der Waals surface area (Å²) in [6.07, 6.45) is 1.13. The molecule has 2 aliphatic heterocycles. The van der Waals surface area contributed by atoms with Crippen LogP contribution in [0.5, 0.6) is 0 Å². The van der Waals surface area contributed by atoms with E-state index < -0.39 is 0 Å². The summed E-state index contributed by atoms with van der Waals surface area (Å²) in [5.74, 6) is 1.33. The summed E-state index contributed by atoms with van der Waals surface area (Å²) in [5, 5.41) is 0.136. The number of hydrogen-bond donors (Lipinski definition) is 0. The molecule has 0 saturated carbocycles. The molecule has 21 heavy (non-hydrogen) atoms. The van der Waals surface area contributed by atoms with Crippen molar-refractivity contribution in [2.75, 3.05) is 38.5 Å². The van der Waals surface area contributed by atoms with E-state index in [-0.39, 0.29) is 23.2 Å². The lowest BCUT2D eigenvalue weighted by molar-refractivity contribution is -0.128. The van der Waals surface area contributed by atoms with Gasteiger partial charge in [-0.25, -0.2) is 0 Å². The summed E-state index contributed by atoms with van der Waals surface area (Å²) in [6, 6.07) is 0. The highest BCUT2D eigenvalue weighted by Gasteiger charge is 2.30. The number of hydrogen-bond acceptors (Lipinski definition) is 5. The van der Waals surface area contributed by atoms with E-state index in [1.165, 1.54) is 11.8 Å². The highest BCUT2D eigenvalue weighted by Crippen LogP contribution is 2.22. The van der Waals surface area contributed by atoms with Gasteiger partial charge in [0.05, 0.1) is 12.2 Å². The van der Waals surface area contributed by atoms with Crippen molar-refractivity contribution in [3.63, 3.8) is 0 Å². The zero-order valence-corrected chi connectivity index (χ0v) is 14.0. The summed E-state index contributed by atoms with van der Waals surface area (Å²) < 4.78 is 5.72. The van der Waals surface area contributed by atoms with Crippen LogP contribution in [0.15, 0.2) is 0 Å². The van der Waals surface area contributed by atoms with Crippen LogP contribution in [-0.4, -0.2) is 71.5 Å². The summed E-state index contributed by atoms with van der Waals surface area (Å²) >= 11 is 1.33. The second-order valence-electron chi connectivity index (χ2n) is 6.23. The molecule has 120 valence electrons. The molecule has 0 aromatic rings. The van der Waals surface area contributed by atoms with Gasteiger partial charge in [-0.2, -0.15) is 0 Å². The van der Waals surface area contributed by atoms with Gasteiger partial charge in [0.15, 0.2) is 5.12 Å². The lowest BCUT2D eigenvalue weighted by atomic mass is 10.1. The molecule has 2 heterocycles. The lowest BCUT2D eigenvalue weighted by Gasteiger charge is -2.36. The molecule has 1 amide bonds. The molecule has 2 rings (SSSR count). The summed E-state index contributed by atoms with van der Waals surface area (Å²) in [4.78, 5) is 27.4. The fraction of sp³-hybridized carbons (Fsp3) is 0.867. The molecular formula is C15H26N2O3S. The topological polar surface area (TPSA) is 49.9 Å². The van der Waals surface area contributed by atoms with E-state index in [2.05, 4.69) is 18.7 Å². The molecule has 0 aliphatic carbocycles. The summed E-state index contributed by atoms with van der Waals surface area (Å²) in [6.45, 7) is 10.2. The van der Waals surface area contributed by atoms with E-state index in [1.54, 1.807) is 6.92 Å². The van der Waals surface area contributed by atoms with Crippen LogP contribution in [0, 0.1) is 5.92 Å². The van der Waals surface area contributed by atoms with Gasteiger partial charge in [0.1, 0.15) is 0 Å². The molecule has 0 radical (unpaired) electrons. The Morgan fingerprint density at radius 1 is 1.24 bits per heavy atom. The smallest absolute Gasteiger partial charge is 0.222 e. The number of nitrogens with zero attached hydrogens (tertiary/aromatic N) is 2. The minimum Gasteiger partial charge on any atom is -0.373 e. The highest BCUT2D eigenvalue weighted by molar-refractivity contribution is 8.13. The number of rotatable bonds is 5. The van der Waals surface area contributed by atoms with Crippen molar-refractivity contribution in [3.05, 3.63) is 0 Å². The average molecular weight is 314 g/mol. The minimum atomic E-state index is 0.136. The van der Waals surface area contributed by atoms with Gasteiger partial charge in [-0.1, -0.05) is 11.8 Å². The number of likely N-dealkylation sites (tertiary alicyclic amines) is 1. The second kappa shape index (κ2) is 7.61. The number of morpholine rings is 1. The Morgan fingerprint density at radius 3 is 2.52 bits per heavy atom. The first-order valence-corrected chi connectivity index (χ1v) is 8.71. The minimum absolute atomic E-state index is 0.136. The molecule has 2 saturated heterocycles. The van der Waals surface area contributed by atoms with Crippen molar-refractivity contribution < 1.29 is 14.3 Å². The van der Waals surface area contributed by atoms with Gasteiger partial charge in [0.2, 0.25) is 5.91 Å². The fourth-order valence-electron chi connectivity index (χ4n) is 3.15. The van der Waals surface area contributed by atoms with Gasteiger partial charge >= 0.3 is 0 Å². The van der Waals surface area contributed by atoms with E-state index in [4.69, 9.17) is 4.74 Å². The second-order valence-corrected chi connectivity index (χ2v) is 7.43. The van der Waals surface area contributed by atoms with Crippen molar-refractivity contribution in [1.82, 2.24) is 9.80 Å². The van der Waals surface area contributed by atoms with Gasteiger partial charge in [-0.15, -0.1) is 0 Å². The molecular weight excluding hydrogens is 288 g/mol. The van der Waals surface area contributed by atoms with Gasteiger partial charge in [0.25, 0.3) is 0 Å². The average Bonchev–Trinajstić information content (AvgIpc) is 2.73. The Bertz CT molecular complexity index is 381. The molecule has 5 nitrogen and oxygen atoms in total. The van der Waals surface area contributed by atoms with Crippen molar-refractivity contribution in [1.29, 1.82) is 0 Å². The van der Waals surface area contributed by atoms with Gasteiger partial charge in [-0.3, -0.25) is 14.5 Å². The Labute approximate surface area is 131 Å². The first-order chi connectivity index (χ1) is 9.94. The van der Waals surface area contributed by atoms with Crippen LogP contribution in [0.4, 0.5) is 0 Å². The van der Waals surface area contributed by atoms with E-state index in [9.17, 15) is 9.59 Å². The van der Waals surface area contributed by atoms with E-state index in [1.807, 2.05) is 4.90 Å². The van der Waals surface area contributed by atoms with Crippen LogP contribution < -0.4 is 0 Å². The van der Waals surface area contributed by atoms with Crippen molar-refractivity contribution in [2.45, 2.75) is 39.4 Å². The number of carbonyl (C=O) groups is 2. The third-order valence-electron chi connectivity index (χ3n) is 4.00. The number of thioether (sulfide) groups is 1. The molecule has 0 aromatic carbocycles. The third kappa shape index (κ3) is 5.27. The van der Waals surface area contributed by atoms with Gasteiger partial charge in [0, 0.05) is 51.8 Å². The molecule has 3 atom stereocenters. The van der Waals surface area contributed by atoms with Crippen molar-refractivity contribution >= 4 is 22.8 Å². The third-order valence-corrected chi connectivity index (χ3v) is 5.04. The van der Waals surface area contributed by atoms with E-state index in [0.29, 0.717) is 12.3 Å². The molecule has 1 unspecified atom stereocenters. The fourth-order valence-corrected chi connectivity index (χ4v) is 3.84. The Balaban J connectivity index is 1.73. The number of carbonyl (C=O) groups excluding carboxylic acids is 2. The lowest BCUT2D eigenvalue weighted by Crippen LogP contribution is -2.48. The molecule has 2 fully saturated rings. The van der Waals surface area contributed by atoms with Gasteiger partial charge < -0.3 is 9.64 Å². The molecule has 0 spiro atoms. The number of amides is 1. The number of ether oxygens (including phenoxy) is 1. The Kier molecular flexibility index (Phi) is 6.08. The normalized spacial score (nSPS) is 30.9. The zero-order valence-electron chi connectivity index (χ0n) is 13.2. The van der Waals surface area contributed by atoms with Crippen molar-refractivity contribution in [2.24, 2.45) is 5.92 Å². The van der Waals surface area contributed by atoms with Crippen LogP contribution in [0.2, 0.25) is 0 Å². The predicted molar refractivity (Wildman–Crippen MR) is 84.3 cm³/mol. The maximum absolute atomic E-state index is 12.0. The van der Waals surface area contributed by atoms with E-state index >= 15 is 0 Å². The first-order valence-electron chi connectivity index (χ1n) is 7.73. The summed E-state index contributed by atoms with van der Waals surface area (Å²) in [7, 11) is 0. The van der Waals surface area contributed by atoms with Crippen LogP contribution in [-0.2, 0) is 14.3 Å². The standard InChI is InChI=1S/C15H26N2O3S/c1-11-7-16(8-12(2)20-11)4-5-17-9-14(6-15(17)19)10-21-13(3)18/h11-12,14H,4-10H2,1-3H3/t11-,12+,14?. The van der Waals surface area contributed by atoms with Gasteiger partial charge in [-0.05, 0) is 19.8 Å². The van der Waals surface area contributed by atoms with Crippen LogP contribution >= 0.6 is 11.8 Å².